The van der Waals surface area contributed by atoms with Crippen LogP contribution in [-0.2, 0) is 10.0 Å². The summed E-state index contributed by atoms with van der Waals surface area (Å²) in [5.41, 5.74) is 5.62. The van der Waals surface area contributed by atoms with Gasteiger partial charge < -0.3 is 0 Å². The Morgan fingerprint density at radius 1 is 0.871 bits per heavy atom. The molecule has 1 aliphatic carbocycles. The van der Waals surface area contributed by atoms with Crippen LogP contribution in [0.15, 0.2) is 65.6 Å². The van der Waals surface area contributed by atoms with Gasteiger partial charge in [-0.25, -0.2) is 17.5 Å². The quantitative estimate of drug-likeness (QED) is 0.493. The molecule has 3 aromatic rings. The van der Waals surface area contributed by atoms with Gasteiger partial charge in [0.15, 0.2) is 0 Å². The molecule has 0 bridgehead atoms. The molecule has 2 amide bonds. The first-order valence-corrected chi connectivity index (χ1v) is 11.7. The van der Waals surface area contributed by atoms with Crippen molar-refractivity contribution in [1.29, 1.82) is 0 Å². The third kappa shape index (κ3) is 5.16. The monoisotopic (exact) mass is 459 g/mol. The van der Waals surface area contributed by atoms with E-state index in [0.717, 1.165) is 23.3 Å². The largest absolute Gasteiger partial charge is 0.279 e. The lowest BCUT2D eigenvalue weighted by molar-refractivity contribution is 0.0849. The molecule has 0 saturated heterocycles. The molecule has 1 aromatic heterocycles. The molecule has 1 aliphatic rings. The topological polar surface area (TPSA) is 104 Å². The smallest absolute Gasteiger partial charge is 0.267 e. The number of benzene rings is 2. The van der Waals surface area contributed by atoms with Gasteiger partial charge in [-0.2, -0.15) is 0 Å². The minimum absolute atomic E-state index is 0.0102. The number of hydrogen-bond acceptors (Lipinski definition) is 5. The number of halogens is 1. The van der Waals surface area contributed by atoms with Gasteiger partial charge in [0, 0.05) is 16.5 Å². The number of carbonyl (C=O) groups excluding carboxylic acids is 2. The molecule has 1 saturated carbocycles. The van der Waals surface area contributed by atoms with Gasteiger partial charge >= 0.3 is 0 Å². The first-order chi connectivity index (χ1) is 14.8. The van der Waals surface area contributed by atoms with E-state index in [4.69, 9.17) is 0 Å². The Kier molecular flexibility index (Phi) is 5.86. The molecule has 0 radical (unpaired) electrons. The first-order valence-electron chi connectivity index (χ1n) is 9.41. The molecular formula is C21H18FN3O4S2. The van der Waals surface area contributed by atoms with Crippen LogP contribution in [0, 0.1) is 5.82 Å². The van der Waals surface area contributed by atoms with E-state index in [-0.39, 0.29) is 22.3 Å². The molecule has 7 nitrogen and oxygen atoms in total. The van der Waals surface area contributed by atoms with Crippen LogP contribution in [0.25, 0.3) is 10.4 Å². The lowest BCUT2D eigenvalue weighted by Crippen LogP contribution is -2.41. The van der Waals surface area contributed by atoms with Crippen molar-refractivity contribution < 1.29 is 22.4 Å². The maximum atomic E-state index is 13.1. The van der Waals surface area contributed by atoms with E-state index in [9.17, 15) is 22.4 Å². The first kappa shape index (κ1) is 21.2. The predicted octanol–water partition coefficient (Wildman–Crippen LogP) is 3.07. The van der Waals surface area contributed by atoms with Gasteiger partial charge in [0.25, 0.3) is 11.8 Å². The van der Waals surface area contributed by atoms with E-state index in [1.807, 2.05) is 0 Å². The van der Waals surface area contributed by atoms with Crippen LogP contribution in [0.5, 0.6) is 0 Å². The van der Waals surface area contributed by atoms with Crippen molar-refractivity contribution in [2.45, 2.75) is 23.8 Å². The molecule has 1 fully saturated rings. The molecule has 3 N–H and O–H groups in total. The number of sulfonamides is 1. The average Bonchev–Trinajstić information content (AvgIpc) is 3.42. The minimum Gasteiger partial charge on any atom is -0.267 e. The van der Waals surface area contributed by atoms with Crippen molar-refractivity contribution in [2.75, 3.05) is 0 Å². The normalized spacial score (nSPS) is 13.6. The van der Waals surface area contributed by atoms with E-state index in [2.05, 4.69) is 15.6 Å². The lowest BCUT2D eigenvalue weighted by Gasteiger charge is -2.08. The van der Waals surface area contributed by atoms with Crippen molar-refractivity contribution in [3.05, 3.63) is 76.9 Å². The zero-order valence-corrected chi connectivity index (χ0v) is 17.7. The van der Waals surface area contributed by atoms with E-state index in [1.165, 1.54) is 47.7 Å². The van der Waals surface area contributed by atoms with E-state index >= 15 is 0 Å². The predicted molar refractivity (Wildman–Crippen MR) is 114 cm³/mol. The van der Waals surface area contributed by atoms with Gasteiger partial charge in [-0.15, -0.1) is 11.3 Å². The van der Waals surface area contributed by atoms with Gasteiger partial charge in [-0.1, -0.05) is 12.1 Å². The Morgan fingerprint density at radius 2 is 1.52 bits per heavy atom. The van der Waals surface area contributed by atoms with Crippen LogP contribution in [0.1, 0.15) is 32.9 Å². The number of nitrogens with one attached hydrogen (secondary N) is 3. The van der Waals surface area contributed by atoms with Crippen LogP contribution < -0.4 is 15.6 Å². The molecule has 4 rings (SSSR count). The van der Waals surface area contributed by atoms with E-state index < -0.39 is 21.8 Å². The van der Waals surface area contributed by atoms with Crippen LogP contribution in [0.4, 0.5) is 4.39 Å². The number of rotatable bonds is 6. The molecule has 0 spiro atoms. The van der Waals surface area contributed by atoms with Gasteiger partial charge in [0.2, 0.25) is 10.0 Å². The highest BCUT2D eigenvalue weighted by Crippen LogP contribution is 2.28. The summed E-state index contributed by atoms with van der Waals surface area (Å²) >= 11 is 1.20. The SMILES string of the molecule is O=C(NNC(=O)c1ccc(-c2ccc(F)cc2)s1)c1ccc(S(=O)(=O)NC2CC2)cc1. The number of hydrogen-bond donors (Lipinski definition) is 3. The van der Waals surface area contributed by atoms with Crippen molar-refractivity contribution in [3.8, 4) is 10.4 Å². The fourth-order valence-corrected chi connectivity index (χ4v) is 4.96. The van der Waals surface area contributed by atoms with E-state index in [0.29, 0.717) is 4.88 Å². The molecule has 160 valence electrons. The third-order valence-corrected chi connectivity index (χ3v) is 7.24. The Morgan fingerprint density at radius 3 is 2.16 bits per heavy atom. The molecule has 0 atom stereocenters. The second kappa shape index (κ2) is 8.58. The fraction of sp³-hybridized carbons (Fsp3) is 0.143. The zero-order valence-electron chi connectivity index (χ0n) is 16.1. The number of thiophene rings is 1. The molecular weight excluding hydrogens is 441 g/mol. The molecule has 2 aromatic carbocycles. The lowest BCUT2D eigenvalue weighted by atomic mass is 10.2. The molecule has 0 aliphatic heterocycles. The fourth-order valence-electron chi connectivity index (χ4n) is 2.75. The van der Waals surface area contributed by atoms with Crippen LogP contribution in [0.2, 0.25) is 0 Å². The number of amides is 2. The molecule has 31 heavy (non-hydrogen) atoms. The van der Waals surface area contributed by atoms with Gasteiger partial charge in [0.05, 0.1) is 9.77 Å². The zero-order chi connectivity index (χ0) is 22.0. The standard InChI is InChI=1S/C21H18FN3O4S2/c22-15-5-1-13(2-6-15)18-11-12-19(30-18)21(27)24-23-20(26)14-3-9-17(10-4-14)31(28,29)25-16-7-8-16/h1-6,9-12,16,25H,7-8H2,(H,23,26)(H,24,27). The summed E-state index contributed by atoms with van der Waals surface area (Å²) in [6.45, 7) is 0. The highest BCUT2D eigenvalue weighted by molar-refractivity contribution is 7.89. The molecule has 0 unspecified atom stereocenters. The Hall–Kier alpha value is -3.08. The maximum absolute atomic E-state index is 13.1. The second-order valence-corrected chi connectivity index (χ2v) is 9.80. The summed E-state index contributed by atoms with van der Waals surface area (Å²) in [6.07, 6.45) is 1.66. The highest BCUT2D eigenvalue weighted by atomic mass is 32.2. The van der Waals surface area contributed by atoms with Crippen molar-refractivity contribution in [2.24, 2.45) is 0 Å². The summed E-state index contributed by atoms with van der Waals surface area (Å²) in [5, 5.41) is 0. The summed E-state index contributed by atoms with van der Waals surface area (Å²) < 4.78 is 40.0. The highest BCUT2D eigenvalue weighted by Gasteiger charge is 2.28. The van der Waals surface area contributed by atoms with Crippen LogP contribution in [-0.4, -0.2) is 26.3 Å². The Balaban J connectivity index is 1.35. The van der Waals surface area contributed by atoms with Crippen molar-refractivity contribution in [1.82, 2.24) is 15.6 Å². The van der Waals surface area contributed by atoms with Crippen molar-refractivity contribution >= 4 is 33.2 Å². The van der Waals surface area contributed by atoms with Crippen molar-refractivity contribution in [3.63, 3.8) is 0 Å². The summed E-state index contributed by atoms with van der Waals surface area (Å²) in [6, 6.07) is 14.7. The maximum Gasteiger partial charge on any atom is 0.279 e. The van der Waals surface area contributed by atoms with Crippen LogP contribution in [0.3, 0.4) is 0 Å². The van der Waals surface area contributed by atoms with E-state index in [1.54, 1.807) is 24.3 Å². The van der Waals surface area contributed by atoms with Gasteiger partial charge in [0.1, 0.15) is 5.82 Å². The number of carbonyl (C=O) groups is 2. The summed E-state index contributed by atoms with van der Waals surface area (Å²) in [5.74, 6) is -1.42. The second-order valence-electron chi connectivity index (χ2n) is 7.00. The van der Waals surface area contributed by atoms with Gasteiger partial charge in [-0.05, 0) is 66.9 Å². The third-order valence-electron chi connectivity index (χ3n) is 4.57. The van der Waals surface area contributed by atoms with Crippen LogP contribution >= 0.6 is 11.3 Å². The van der Waals surface area contributed by atoms with Gasteiger partial charge in [-0.3, -0.25) is 20.4 Å². The Bertz CT molecular complexity index is 1220. The Labute approximate surface area is 182 Å². The molecule has 1 heterocycles. The summed E-state index contributed by atoms with van der Waals surface area (Å²) in [4.78, 5) is 25.8. The summed E-state index contributed by atoms with van der Waals surface area (Å²) in [7, 11) is -3.60. The average molecular weight is 460 g/mol. The number of hydrazine groups is 1. The minimum atomic E-state index is -3.60. The molecule has 10 heteroatoms.